The van der Waals surface area contributed by atoms with Crippen LogP contribution in [-0.4, -0.2) is 33.9 Å². The van der Waals surface area contributed by atoms with Crippen LogP contribution in [0.5, 0.6) is 0 Å². The van der Waals surface area contributed by atoms with E-state index in [-0.39, 0.29) is 11.8 Å². The van der Waals surface area contributed by atoms with Gasteiger partial charge in [-0.1, -0.05) is 12.1 Å². The van der Waals surface area contributed by atoms with Crippen LogP contribution in [0.25, 0.3) is 0 Å². The second-order valence-electron chi connectivity index (χ2n) is 5.17. The Hall–Kier alpha value is -2.21. The molecule has 1 N–H and O–H groups in total. The molecule has 1 aromatic carbocycles. The summed E-state index contributed by atoms with van der Waals surface area (Å²) in [6.45, 7) is 2.03. The van der Waals surface area contributed by atoms with Gasteiger partial charge in [0.1, 0.15) is 12.7 Å². The van der Waals surface area contributed by atoms with Crippen molar-refractivity contribution in [3.8, 4) is 0 Å². The van der Waals surface area contributed by atoms with Gasteiger partial charge in [-0.3, -0.25) is 4.79 Å². The van der Waals surface area contributed by atoms with E-state index in [1.807, 2.05) is 24.3 Å². The second kappa shape index (κ2) is 6.49. The number of ether oxygens (including phenoxy) is 1. The number of amides is 1. The zero-order valence-electron chi connectivity index (χ0n) is 11.7. The maximum atomic E-state index is 12.1. The van der Waals surface area contributed by atoms with E-state index in [4.69, 9.17) is 4.74 Å². The molecule has 0 unspecified atom stereocenters. The Morgan fingerprint density at radius 1 is 1.29 bits per heavy atom. The molecule has 2 heterocycles. The van der Waals surface area contributed by atoms with Crippen LogP contribution in [0.15, 0.2) is 36.9 Å². The number of hydrogen-bond acceptors (Lipinski definition) is 4. The van der Waals surface area contributed by atoms with Crippen LogP contribution in [-0.2, 0) is 16.1 Å². The van der Waals surface area contributed by atoms with Gasteiger partial charge in [0.05, 0.1) is 6.54 Å². The fraction of sp³-hybridized carbons (Fsp3) is 0.400. The predicted molar refractivity (Wildman–Crippen MR) is 77.7 cm³/mol. The zero-order valence-corrected chi connectivity index (χ0v) is 11.7. The molecule has 0 bridgehead atoms. The molecule has 2 aromatic rings. The summed E-state index contributed by atoms with van der Waals surface area (Å²) in [5, 5.41) is 7.04. The standard InChI is InChI=1S/C15H18N4O2/c20-15(13-5-7-21-8-6-13)18-14-3-1-12(2-4-14)9-19-11-16-10-17-19/h1-4,10-11,13H,5-9H2,(H,18,20). The molecule has 0 radical (unpaired) electrons. The highest BCUT2D eigenvalue weighted by molar-refractivity contribution is 5.92. The molecule has 3 rings (SSSR count). The molecule has 1 amide bonds. The molecule has 1 aromatic heterocycles. The van der Waals surface area contributed by atoms with Crippen LogP contribution in [0.2, 0.25) is 0 Å². The first-order chi connectivity index (χ1) is 10.3. The topological polar surface area (TPSA) is 69.0 Å². The van der Waals surface area contributed by atoms with Crippen molar-refractivity contribution in [1.29, 1.82) is 0 Å². The van der Waals surface area contributed by atoms with Gasteiger partial charge in [0.2, 0.25) is 5.91 Å². The molecule has 1 saturated heterocycles. The first-order valence-electron chi connectivity index (χ1n) is 7.11. The summed E-state index contributed by atoms with van der Waals surface area (Å²) in [7, 11) is 0. The maximum Gasteiger partial charge on any atom is 0.227 e. The van der Waals surface area contributed by atoms with E-state index < -0.39 is 0 Å². The molecule has 0 atom stereocenters. The van der Waals surface area contributed by atoms with E-state index >= 15 is 0 Å². The van der Waals surface area contributed by atoms with Gasteiger partial charge < -0.3 is 10.1 Å². The minimum atomic E-state index is 0.0635. The Kier molecular flexibility index (Phi) is 4.25. The molecule has 0 saturated carbocycles. The number of benzene rings is 1. The van der Waals surface area contributed by atoms with Crippen LogP contribution in [0, 0.1) is 5.92 Å². The number of nitrogens with one attached hydrogen (secondary N) is 1. The Morgan fingerprint density at radius 2 is 2.05 bits per heavy atom. The SMILES string of the molecule is O=C(Nc1ccc(Cn2cncn2)cc1)C1CCOCC1. The monoisotopic (exact) mass is 286 g/mol. The molecule has 110 valence electrons. The largest absolute Gasteiger partial charge is 0.381 e. The van der Waals surface area contributed by atoms with Gasteiger partial charge in [0.25, 0.3) is 0 Å². The average Bonchev–Trinajstić information content (AvgIpc) is 3.03. The van der Waals surface area contributed by atoms with Gasteiger partial charge >= 0.3 is 0 Å². The summed E-state index contributed by atoms with van der Waals surface area (Å²) >= 11 is 0. The van der Waals surface area contributed by atoms with Crippen molar-refractivity contribution in [3.05, 3.63) is 42.5 Å². The van der Waals surface area contributed by atoms with E-state index in [1.165, 1.54) is 6.33 Å². The van der Waals surface area contributed by atoms with Crippen molar-refractivity contribution in [3.63, 3.8) is 0 Å². The van der Waals surface area contributed by atoms with Gasteiger partial charge in [0.15, 0.2) is 0 Å². The smallest absolute Gasteiger partial charge is 0.227 e. The van der Waals surface area contributed by atoms with E-state index in [0.717, 1.165) is 24.1 Å². The van der Waals surface area contributed by atoms with Crippen molar-refractivity contribution >= 4 is 11.6 Å². The number of carbonyl (C=O) groups excluding carboxylic acids is 1. The number of hydrogen-bond donors (Lipinski definition) is 1. The molecule has 6 nitrogen and oxygen atoms in total. The van der Waals surface area contributed by atoms with Crippen molar-refractivity contribution in [2.24, 2.45) is 5.92 Å². The second-order valence-corrected chi connectivity index (χ2v) is 5.17. The highest BCUT2D eigenvalue weighted by Gasteiger charge is 2.21. The normalized spacial score (nSPS) is 15.8. The Bertz CT molecular complexity index is 574. The highest BCUT2D eigenvalue weighted by Crippen LogP contribution is 2.18. The summed E-state index contributed by atoms with van der Waals surface area (Å²) in [5.41, 5.74) is 1.94. The lowest BCUT2D eigenvalue weighted by atomic mass is 9.99. The molecule has 6 heteroatoms. The number of carbonyl (C=O) groups is 1. The summed E-state index contributed by atoms with van der Waals surface area (Å²) in [4.78, 5) is 16.0. The summed E-state index contributed by atoms with van der Waals surface area (Å²) < 4.78 is 7.03. The van der Waals surface area contributed by atoms with Crippen molar-refractivity contribution in [2.45, 2.75) is 19.4 Å². The van der Waals surface area contributed by atoms with Gasteiger partial charge in [-0.15, -0.1) is 0 Å². The maximum absolute atomic E-state index is 12.1. The molecule has 1 aliphatic heterocycles. The quantitative estimate of drug-likeness (QED) is 0.928. The van der Waals surface area contributed by atoms with Crippen LogP contribution in [0.1, 0.15) is 18.4 Å². The first kappa shape index (κ1) is 13.8. The van der Waals surface area contributed by atoms with Crippen LogP contribution in [0.4, 0.5) is 5.69 Å². The third-order valence-corrected chi connectivity index (χ3v) is 3.62. The Balaban J connectivity index is 1.57. The van der Waals surface area contributed by atoms with Crippen molar-refractivity contribution in [2.75, 3.05) is 18.5 Å². The zero-order chi connectivity index (χ0) is 14.5. The van der Waals surface area contributed by atoms with Gasteiger partial charge in [-0.25, -0.2) is 9.67 Å². The van der Waals surface area contributed by atoms with E-state index in [0.29, 0.717) is 19.8 Å². The number of anilines is 1. The molecule has 0 spiro atoms. The third-order valence-electron chi connectivity index (χ3n) is 3.62. The average molecular weight is 286 g/mol. The number of rotatable bonds is 4. The van der Waals surface area contributed by atoms with Crippen molar-refractivity contribution in [1.82, 2.24) is 14.8 Å². The van der Waals surface area contributed by atoms with Crippen LogP contribution in [0.3, 0.4) is 0 Å². The van der Waals surface area contributed by atoms with Crippen LogP contribution < -0.4 is 5.32 Å². The fourth-order valence-corrected chi connectivity index (χ4v) is 2.40. The summed E-state index contributed by atoms with van der Waals surface area (Å²) in [6, 6.07) is 7.82. The van der Waals surface area contributed by atoms with E-state index in [1.54, 1.807) is 11.0 Å². The van der Waals surface area contributed by atoms with Crippen LogP contribution >= 0.6 is 0 Å². The molecular weight excluding hydrogens is 268 g/mol. The molecule has 1 fully saturated rings. The first-order valence-corrected chi connectivity index (χ1v) is 7.11. The fourth-order valence-electron chi connectivity index (χ4n) is 2.40. The summed E-state index contributed by atoms with van der Waals surface area (Å²) in [6.07, 6.45) is 4.80. The Labute approximate surface area is 123 Å². The van der Waals surface area contributed by atoms with Gasteiger partial charge in [0, 0.05) is 24.8 Å². The summed E-state index contributed by atoms with van der Waals surface area (Å²) in [5.74, 6) is 0.149. The minimum Gasteiger partial charge on any atom is -0.381 e. The molecule has 1 aliphatic rings. The molecule has 0 aliphatic carbocycles. The van der Waals surface area contributed by atoms with Gasteiger partial charge in [-0.2, -0.15) is 5.10 Å². The van der Waals surface area contributed by atoms with E-state index in [9.17, 15) is 4.79 Å². The lowest BCUT2D eigenvalue weighted by Gasteiger charge is -2.21. The lowest BCUT2D eigenvalue weighted by Crippen LogP contribution is -2.28. The molecule has 21 heavy (non-hydrogen) atoms. The number of aromatic nitrogens is 3. The third kappa shape index (κ3) is 3.66. The highest BCUT2D eigenvalue weighted by atomic mass is 16.5. The Morgan fingerprint density at radius 3 is 2.71 bits per heavy atom. The van der Waals surface area contributed by atoms with Crippen molar-refractivity contribution < 1.29 is 9.53 Å². The number of nitrogens with zero attached hydrogens (tertiary/aromatic N) is 3. The lowest BCUT2D eigenvalue weighted by molar-refractivity contribution is -0.122. The predicted octanol–water partition coefficient (Wildman–Crippen LogP) is 1.69. The minimum absolute atomic E-state index is 0.0635. The molecular formula is C15H18N4O2. The van der Waals surface area contributed by atoms with E-state index in [2.05, 4.69) is 15.4 Å². The van der Waals surface area contributed by atoms with Gasteiger partial charge in [-0.05, 0) is 30.5 Å².